The zero-order valence-electron chi connectivity index (χ0n) is 16.6. The molecule has 0 aliphatic heterocycles. The first-order valence-corrected chi connectivity index (χ1v) is 13.3. The maximum Gasteiger partial charge on any atom is 0.243 e. The van der Waals surface area contributed by atoms with Crippen LogP contribution in [0.3, 0.4) is 0 Å². The van der Waals surface area contributed by atoms with Crippen LogP contribution in [-0.2, 0) is 20.0 Å². The summed E-state index contributed by atoms with van der Waals surface area (Å²) in [4.78, 5) is 0.169. The van der Waals surface area contributed by atoms with E-state index in [9.17, 15) is 16.8 Å². The first-order chi connectivity index (χ1) is 13.6. The molecule has 0 spiro atoms. The number of hydrogen-bond donors (Lipinski definition) is 2. The number of hydrogen-bond acceptors (Lipinski definition) is 8. The largest absolute Gasteiger partial charge is 0.335 e. The molecule has 0 aliphatic rings. The highest BCUT2D eigenvalue weighted by Gasteiger charge is 2.23. The van der Waals surface area contributed by atoms with E-state index in [-0.39, 0.29) is 4.90 Å². The Morgan fingerprint density at radius 1 is 1.17 bits per heavy atom. The van der Waals surface area contributed by atoms with Gasteiger partial charge in [-0.25, -0.2) is 26.2 Å². The number of nitrogens with zero attached hydrogens (tertiary/aromatic N) is 4. The van der Waals surface area contributed by atoms with Crippen LogP contribution in [0.4, 0.5) is 0 Å². The number of benzene rings is 1. The van der Waals surface area contributed by atoms with Gasteiger partial charge in [0.05, 0.1) is 11.2 Å². The van der Waals surface area contributed by atoms with E-state index in [2.05, 4.69) is 14.9 Å². The lowest BCUT2D eigenvalue weighted by Gasteiger charge is -2.18. The van der Waals surface area contributed by atoms with Crippen molar-refractivity contribution in [3.05, 3.63) is 24.3 Å². The van der Waals surface area contributed by atoms with Gasteiger partial charge in [0.2, 0.25) is 25.2 Å². The molecule has 1 heterocycles. The molecule has 162 valence electrons. The van der Waals surface area contributed by atoms with Crippen LogP contribution in [0.5, 0.6) is 0 Å². The number of nitrogen functional groups attached to an aromatic ring is 1. The summed E-state index contributed by atoms with van der Waals surface area (Å²) in [6.07, 6.45) is 1.70. The maximum atomic E-state index is 12.7. The van der Waals surface area contributed by atoms with E-state index in [0.717, 1.165) is 6.26 Å². The minimum Gasteiger partial charge on any atom is -0.335 e. The topological polar surface area (TPSA) is 140 Å². The van der Waals surface area contributed by atoms with Crippen LogP contribution in [-0.4, -0.2) is 67.7 Å². The van der Waals surface area contributed by atoms with Crippen LogP contribution in [0, 0.1) is 0 Å². The highest BCUT2D eigenvalue weighted by atomic mass is 32.2. The van der Waals surface area contributed by atoms with Crippen molar-refractivity contribution in [2.75, 3.05) is 37.5 Å². The summed E-state index contributed by atoms with van der Waals surface area (Å²) < 4.78 is 52.7. The van der Waals surface area contributed by atoms with Gasteiger partial charge in [-0.2, -0.15) is 4.31 Å². The summed E-state index contributed by atoms with van der Waals surface area (Å²) in [6, 6.07) is 6.44. The minimum absolute atomic E-state index is 0.169. The molecule has 0 radical (unpaired) electrons. The molecule has 0 saturated heterocycles. The lowest BCUT2D eigenvalue weighted by atomic mass is 10.2. The number of nitrogens with two attached hydrogens (primary N) is 1. The number of nitrogens with one attached hydrogen (secondary N) is 1. The Balaban J connectivity index is 2.14. The van der Waals surface area contributed by atoms with Crippen LogP contribution in [0.1, 0.15) is 20.3 Å². The third-order valence-corrected chi connectivity index (χ3v) is 7.82. The number of aromatic nitrogens is 3. The van der Waals surface area contributed by atoms with Crippen molar-refractivity contribution in [1.82, 2.24) is 23.9 Å². The van der Waals surface area contributed by atoms with Gasteiger partial charge in [0.1, 0.15) is 0 Å². The highest BCUT2D eigenvalue weighted by molar-refractivity contribution is 7.99. The van der Waals surface area contributed by atoms with Gasteiger partial charge < -0.3 is 5.84 Å². The fourth-order valence-electron chi connectivity index (χ4n) is 2.57. The van der Waals surface area contributed by atoms with Crippen molar-refractivity contribution in [3.63, 3.8) is 0 Å². The third-order valence-electron chi connectivity index (χ3n) is 4.02. The van der Waals surface area contributed by atoms with E-state index >= 15 is 0 Å². The average molecular weight is 463 g/mol. The second kappa shape index (κ2) is 9.89. The quantitative estimate of drug-likeness (QED) is 0.283. The van der Waals surface area contributed by atoms with Crippen molar-refractivity contribution >= 4 is 31.8 Å². The minimum atomic E-state index is -3.60. The van der Waals surface area contributed by atoms with E-state index in [4.69, 9.17) is 5.84 Å². The standard InChI is InChI=1S/C16H26N6O4S3/c1-4-21(5-2)29(25,26)14-9-6-8-13(12-14)15-19-20-16(22(15)17)27-11-7-10-18-28(3,23)24/h6,8-9,12,18H,4-5,7,10-11,17H2,1-3H3. The Labute approximate surface area is 175 Å². The molecule has 2 aromatic rings. The monoisotopic (exact) mass is 462 g/mol. The Morgan fingerprint density at radius 3 is 2.48 bits per heavy atom. The predicted octanol–water partition coefficient (Wildman–Crippen LogP) is 0.721. The Morgan fingerprint density at radius 2 is 1.86 bits per heavy atom. The van der Waals surface area contributed by atoms with Gasteiger partial charge in [-0.15, -0.1) is 10.2 Å². The normalized spacial score (nSPS) is 12.6. The molecule has 29 heavy (non-hydrogen) atoms. The zero-order valence-corrected chi connectivity index (χ0v) is 19.0. The second-order valence-electron chi connectivity index (χ2n) is 6.16. The van der Waals surface area contributed by atoms with Gasteiger partial charge in [-0.05, 0) is 18.6 Å². The fourth-order valence-corrected chi connectivity index (χ4v) is 5.39. The zero-order chi connectivity index (χ0) is 21.7. The predicted molar refractivity (Wildman–Crippen MR) is 114 cm³/mol. The van der Waals surface area contributed by atoms with Crippen molar-refractivity contribution < 1.29 is 16.8 Å². The van der Waals surface area contributed by atoms with Crippen LogP contribution in [0.25, 0.3) is 11.4 Å². The van der Waals surface area contributed by atoms with Gasteiger partial charge in [-0.3, -0.25) is 0 Å². The van der Waals surface area contributed by atoms with E-state index in [0.29, 0.717) is 48.4 Å². The summed E-state index contributed by atoms with van der Waals surface area (Å²) in [5.41, 5.74) is 0.541. The molecule has 0 fully saturated rings. The lowest BCUT2D eigenvalue weighted by Crippen LogP contribution is -2.30. The smallest absolute Gasteiger partial charge is 0.243 e. The van der Waals surface area contributed by atoms with E-state index in [1.165, 1.54) is 26.8 Å². The van der Waals surface area contributed by atoms with Crippen molar-refractivity contribution in [3.8, 4) is 11.4 Å². The van der Waals surface area contributed by atoms with E-state index < -0.39 is 20.0 Å². The van der Waals surface area contributed by atoms with Crippen molar-refractivity contribution in [2.24, 2.45) is 0 Å². The van der Waals surface area contributed by atoms with Crippen LogP contribution in [0.15, 0.2) is 34.3 Å². The molecule has 0 unspecified atom stereocenters. The summed E-state index contributed by atoms with van der Waals surface area (Å²) in [7, 11) is -6.80. The summed E-state index contributed by atoms with van der Waals surface area (Å²) >= 11 is 1.34. The number of thioether (sulfide) groups is 1. The molecule has 13 heteroatoms. The SMILES string of the molecule is CCN(CC)S(=O)(=O)c1cccc(-c2nnc(SCCCNS(C)(=O)=O)n2N)c1. The van der Waals surface area contributed by atoms with Gasteiger partial charge in [-0.1, -0.05) is 37.7 Å². The third kappa shape index (κ3) is 6.15. The summed E-state index contributed by atoms with van der Waals surface area (Å²) in [5.74, 6) is 7.03. The van der Waals surface area contributed by atoms with Gasteiger partial charge in [0.25, 0.3) is 0 Å². The molecule has 0 saturated carbocycles. The Bertz CT molecular complexity index is 1030. The van der Waals surface area contributed by atoms with Crippen molar-refractivity contribution in [1.29, 1.82) is 0 Å². The molecule has 0 bridgehead atoms. The molecule has 10 nitrogen and oxygen atoms in total. The molecule has 3 N–H and O–H groups in total. The van der Waals surface area contributed by atoms with E-state index in [1.807, 2.05) is 0 Å². The van der Waals surface area contributed by atoms with Crippen LogP contribution >= 0.6 is 11.8 Å². The molecule has 1 aromatic heterocycles. The van der Waals surface area contributed by atoms with Gasteiger partial charge in [0, 0.05) is 31.0 Å². The highest BCUT2D eigenvalue weighted by Crippen LogP contribution is 2.25. The lowest BCUT2D eigenvalue weighted by molar-refractivity contribution is 0.445. The van der Waals surface area contributed by atoms with Crippen LogP contribution in [0.2, 0.25) is 0 Å². The van der Waals surface area contributed by atoms with E-state index in [1.54, 1.807) is 32.0 Å². The summed E-state index contributed by atoms with van der Waals surface area (Å²) in [5, 5.41) is 8.58. The molecule has 0 aliphatic carbocycles. The Hall–Kier alpha value is -1.67. The van der Waals surface area contributed by atoms with Gasteiger partial charge in [0.15, 0.2) is 5.82 Å². The fraction of sp³-hybridized carbons (Fsp3) is 0.500. The molecular formula is C16H26N6O4S3. The van der Waals surface area contributed by atoms with Gasteiger partial charge >= 0.3 is 0 Å². The van der Waals surface area contributed by atoms with Crippen molar-refractivity contribution in [2.45, 2.75) is 30.3 Å². The second-order valence-corrected chi connectivity index (χ2v) is 11.0. The Kier molecular flexibility index (Phi) is 8.05. The molecule has 1 aromatic carbocycles. The number of rotatable bonds is 11. The number of sulfonamides is 2. The molecule has 2 rings (SSSR count). The first kappa shape index (κ1) is 23.6. The molecular weight excluding hydrogens is 436 g/mol. The average Bonchev–Trinajstić information content (AvgIpc) is 3.02. The first-order valence-electron chi connectivity index (χ1n) is 8.98. The summed E-state index contributed by atoms with van der Waals surface area (Å²) in [6.45, 7) is 4.66. The molecule has 0 amide bonds. The maximum absolute atomic E-state index is 12.7. The molecule has 0 atom stereocenters. The van der Waals surface area contributed by atoms with Crippen LogP contribution < -0.4 is 10.6 Å².